The molecule has 0 aromatic heterocycles. The lowest BCUT2D eigenvalue weighted by atomic mass is 9.78. The zero-order valence-electron chi connectivity index (χ0n) is 21.7. The molecule has 0 radical (unpaired) electrons. The number of hydrogen-bond donors (Lipinski definition) is 2. The van der Waals surface area contributed by atoms with E-state index in [4.69, 9.17) is 5.11 Å². The minimum atomic E-state index is -1.46. The minimum absolute atomic E-state index is 0.0630. The number of rotatable bonds is 6. The van der Waals surface area contributed by atoms with Crippen molar-refractivity contribution >= 4 is 19.2 Å². The fourth-order valence-electron chi connectivity index (χ4n) is 3.69. The fourth-order valence-corrected chi connectivity index (χ4v) is 5.98. The van der Waals surface area contributed by atoms with Gasteiger partial charge < -0.3 is 10.2 Å². The van der Waals surface area contributed by atoms with Gasteiger partial charge >= 0.3 is 5.97 Å². The van der Waals surface area contributed by atoms with E-state index in [9.17, 15) is 9.90 Å². The van der Waals surface area contributed by atoms with E-state index in [1.165, 1.54) is 16.8 Å². The molecule has 2 aromatic carbocycles. The summed E-state index contributed by atoms with van der Waals surface area (Å²) in [6, 6.07) is 16.7. The van der Waals surface area contributed by atoms with Gasteiger partial charge in [0.05, 0.1) is 8.07 Å². The number of phenolic OH excluding ortho intramolecular Hbond substituents is 1. The van der Waals surface area contributed by atoms with E-state index in [0.29, 0.717) is 12.2 Å². The third-order valence-electron chi connectivity index (χ3n) is 5.84. The molecule has 32 heavy (non-hydrogen) atoms. The Labute approximate surface area is 196 Å². The number of carboxylic acid groups (broad SMARTS) is 1. The highest BCUT2D eigenvalue weighted by atomic mass is 28.3. The molecule has 0 heterocycles. The van der Waals surface area contributed by atoms with Crippen molar-refractivity contribution in [1.29, 1.82) is 0 Å². The SMILES string of the molecule is CC(C)(C)c1cc(CC[Si](C)(C)c2ccccc2)cc(C(C)(C)C)c1O.CCCC(=O)O. The van der Waals surface area contributed by atoms with Crippen LogP contribution in [0.15, 0.2) is 42.5 Å². The normalized spacial score (nSPS) is 12.2. The largest absolute Gasteiger partial charge is 0.507 e. The summed E-state index contributed by atoms with van der Waals surface area (Å²) in [5.41, 5.74) is 3.37. The second-order valence-electron chi connectivity index (χ2n) is 11.4. The van der Waals surface area contributed by atoms with Gasteiger partial charge in [-0.05, 0) is 46.4 Å². The van der Waals surface area contributed by atoms with Gasteiger partial charge in [-0.15, -0.1) is 0 Å². The third-order valence-corrected chi connectivity index (χ3v) is 9.24. The number of carbonyl (C=O) groups is 1. The lowest BCUT2D eigenvalue weighted by Gasteiger charge is -2.29. The Bertz CT molecular complexity index is 837. The van der Waals surface area contributed by atoms with Crippen LogP contribution in [-0.4, -0.2) is 24.3 Å². The number of hydrogen-bond acceptors (Lipinski definition) is 2. The Balaban J connectivity index is 0.000000751. The zero-order chi connectivity index (χ0) is 24.7. The van der Waals surface area contributed by atoms with Gasteiger partial charge in [0.15, 0.2) is 0 Å². The molecule has 0 amide bonds. The summed E-state index contributed by atoms with van der Waals surface area (Å²) in [5, 5.41) is 20.3. The minimum Gasteiger partial charge on any atom is -0.507 e. The topological polar surface area (TPSA) is 57.5 Å². The number of carboxylic acids is 1. The number of phenols is 1. The average Bonchev–Trinajstić information content (AvgIpc) is 2.66. The maximum atomic E-state index is 10.9. The summed E-state index contributed by atoms with van der Waals surface area (Å²) in [5.74, 6) is -0.231. The van der Waals surface area contributed by atoms with Crippen molar-refractivity contribution in [2.45, 2.75) is 97.7 Å². The second-order valence-corrected chi connectivity index (χ2v) is 16.3. The van der Waals surface area contributed by atoms with E-state index >= 15 is 0 Å². The lowest BCUT2D eigenvalue weighted by Crippen LogP contribution is -2.41. The van der Waals surface area contributed by atoms with Crippen molar-refractivity contribution in [2.24, 2.45) is 0 Å². The predicted octanol–water partition coefficient (Wildman–Crippen LogP) is 7.02. The Hall–Kier alpha value is -2.07. The van der Waals surface area contributed by atoms with Gasteiger partial charge in [0.25, 0.3) is 0 Å². The van der Waals surface area contributed by atoms with Gasteiger partial charge in [-0.25, -0.2) is 0 Å². The molecule has 3 nitrogen and oxygen atoms in total. The summed E-state index contributed by atoms with van der Waals surface area (Å²) in [6.07, 6.45) is 2.09. The summed E-state index contributed by atoms with van der Waals surface area (Å²) in [4.78, 5) is 9.60. The highest BCUT2D eigenvalue weighted by Gasteiger charge is 2.28. The fraction of sp³-hybridized carbons (Fsp3) is 0.536. The molecular weight excluding hydrogens is 412 g/mol. The molecule has 4 heteroatoms. The first-order valence-electron chi connectivity index (χ1n) is 11.7. The molecule has 0 aliphatic carbocycles. The van der Waals surface area contributed by atoms with E-state index in [0.717, 1.165) is 24.0 Å². The van der Waals surface area contributed by atoms with Crippen LogP contribution >= 0.6 is 0 Å². The van der Waals surface area contributed by atoms with Crippen molar-refractivity contribution in [1.82, 2.24) is 0 Å². The molecule has 0 atom stereocenters. The van der Waals surface area contributed by atoms with Gasteiger partial charge in [-0.2, -0.15) is 0 Å². The van der Waals surface area contributed by atoms with Crippen LogP contribution in [0, 0.1) is 0 Å². The Morgan fingerprint density at radius 1 is 0.906 bits per heavy atom. The van der Waals surface area contributed by atoms with Gasteiger partial charge in [-0.1, -0.05) is 109 Å². The molecule has 0 aliphatic rings. The number of aryl methyl sites for hydroxylation is 1. The maximum absolute atomic E-state index is 10.9. The lowest BCUT2D eigenvalue weighted by molar-refractivity contribution is -0.137. The van der Waals surface area contributed by atoms with E-state index in [-0.39, 0.29) is 10.8 Å². The van der Waals surface area contributed by atoms with Gasteiger partial charge in [0.1, 0.15) is 5.75 Å². The number of aliphatic carboxylic acids is 1. The van der Waals surface area contributed by atoms with E-state index in [1.807, 2.05) is 6.92 Å². The van der Waals surface area contributed by atoms with Crippen molar-refractivity contribution < 1.29 is 15.0 Å². The molecule has 2 N–H and O–H groups in total. The van der Waals surface area contributed by atoms with Crippen LogP contribution < -0.4 is 5.19 Å². The smallest absolute Gasteiger partial charge is 0.303 e. The van der Waals surface area contributed by atoms with Crippen LogP contribution in [-0.2, 0) is 22.0 Å². The monoisotopic (exact) mass is 456 g/mol. The van der Waals surface area contributed by atoms with E-state index < -0.39 is 14.0 Å². The van der Waals surface area contributed by atoms with Crippen LogP contribution in [0.3, 0.4) is 0 Å². The Morgan fingerprint density at radius 3 is 1.72 bits per heavy atom. The Morgan fingerprint density at radius 2 is 1.38 bits per heavy atom. The standard InChI is InChI=1S/C24H36OSi.C4H8O2/c1-23(2,3)20-16-18(17-21(22(20)25)24(4,5)6)14-15-26(7,8)19-12-10-9-11-13-19;1-2-3-4(5)6/h9-13,16-17,25H,14-15H2,1-8H3;2-3H2,1H3,(H,5,6). The van der Waals surface area contributed by atoms with Crippen LogP contribution in [0.5, 0.6) is 5.75 Å². The predicted molar refractivity (Wildman–Crippen MR) is 140 cm³/mol. The van der Waals surface area contributed by atoms with Crippen molar-refractivity contribution in [3.05, 3.63) is 59.2 Å². The molecule has 0 unspecified atom stereocenters. The van der Waals surface area contributed by atoms with Gasteiger partial charge in [0.2, 0.25) is 0 Å². The van der Waals surface area contributed by atoms with Crippen LogP contribution in [0.4, 0.5) is 0 Å². The molecule has 0 bridgehead atoms. The first kappa shape index (κ1) is 28.0. The molecule has 0 fully saturated rings. The van der Waals surface area contributed by atoms with Crippen molar-refractivity contribution in [3.8, 4) is 5.75 Å². The molecule has 0 saturated heterocycles. The quantitative estimate of drug-likeness (QED) is 0.459. The summed E-state index contributed by atoms with van der Waals surface area (Å²) >= 11 is 0. The van der Waals surface area contributed by atoms with Gasteiger partial charge in [0, 0.05) is 6.42 Å². The van der Waals surface area contributed by atoms with Crippen molar-refractivity contribution in [2.75, 3.05) is 0 Å². The summed E-state index contributed by atoms with van der Waals surface area (Å²) in [7, 11) is -1.46. The Kier molecular flexibility index (Phi) is 9.77. The number of benzene rings is 2. The summed E-state index contributed by atoms with van der Waals surface area (Å²) in [6.45, 7) is 19.8. The number of aromatic hydroxyl groups is 1. The molecule has 0 saturated carbocycles. The zero-order valence-corrected chi connectivity index (χ0v) is 22.7. The molecular formula is C28H44O3Si. The highest BCUT2D eigenvalue weighted by Crippen LogP contribution is 2.40. The highest BCUT2D eigenvalue weighted by molar-refractivity contribution is 6.89. The maximum Gasteiger partial charge on any atom is 0.303 e. The molecule has 0 spiro atoms. The second kappa shape index (κ2) is 11.2. The van der Waals surface area contributed by atoms with Crippen LogP contribution in [0.1, 0.15) is 78.0 Å². The van der Waals surface area contributed by atoms with Crippen LogP contribution in [0.2, 0.25) is 19.1 Å². The van der Waals surface area contributed by atoms with Crippen LogP contribution in [0.25, 0.3) is 0 Å². The average molecular weight is 457 g/mol. The molecule has 178 valence electrons. The molecule has 2 aromatic rings. The first-order valence-corrected chi connectivity index (χ1v) is 14.9. The third kappa shape index (κ3) is 8.46. The summed E-state index contributed by atoms with van der Waals surface area (Å²) < 4.78 is 0. The molecule has 2 rings (SSSR count). The van der Waals surface area contributed by atoms with E-state index in [1.54, 1.807) is 0 Å². The van der Waals surface area contributed by atoms with Gasteiger partial charge in [-0.3, -0.25) is 4.79 Å². The van der Waals surface area contributed by atoms with E-state index in [2.05, 4.69) is 97.1 Å². The first-order chi connectivity index (χ1) is 14.6. The van der Waals surface area contributed by atoms with Crippen molar-refractivity contribution in [3.63, 3.8) is 0 Å². The molecule has 0 aliphatic heterocycles.